The van der Waals surface area contributed by atoms with Gasteiger partial charge in [0, 0.05) is 25.2 Å². The number of hydrogen-bond acceptors (Lipinski definition) is 4. The number of rotatable bonds is 7. The summed E-state index contributed by atoms with van der Waals surface area (Å²) in [6, 6.07) is 6.97. The van der Waals surface area contributed by atoms with Gasteiger partial charge in [-0.25, -0.2) is 0 Å². The maximum atomic E-state index is 12.4. The van der Waals surface area contributed by atoms with Crippen LogP contribution < -0.4 is 10.1 Å². The first-order chi connectivity index (χ1) is 13.2. The van der Waals surface area contributed by atoms with E-state index in [1.807, 2.05) is 11.8 Å². The molecule has 0 radical (unpaired) electrons. The van der Waals surface area contributed by atoms with Crippen molar-refractivity contribution in [3.63, 3.8) is 0 Å². The molecule has 1 aromatic carbocycles. The van der Waals surface area contributed by atoms with Gasteiger partial charge in [0.15, 0.2) is 0 Å². The van der Waals surface area contributed by atoms with E-state index in [1.54, 1.807) is 24.3 Å². The van der Waals surface area contributed by atoms with Crippen molar-refractivity contribution in [3.05, 3.63) is 29.8 Å². The molecule has 2 fully saturated rings. The van der Waals surface area contributed by atoms with Gasteiger partial charge in [0.1, 0.15) is 5.75 Å². The van der Waals surface area contributed by atoms with Crippen LogP contribution in [0.4, 0.5) is 0 Å². The predicted molar refractivity (Wildman–Crippen MR) is 105 cm³/mol. The van der Waals surface area contributed by atoms with E-state index in [9.17, 15) is 9.59 Å². The Hall–Kier alpha value is -2.08. The van der Waals surface area contributed by atoms with Crippen LogP contribution in [-0.4, -0.2) is 67.5 Å². The van der Waals surface area contributed by atoms with Crippen LogP contribution in [0.2, 0.25) is 0 Å². The summed E-state index contributed by atoms with van der Waals surface area (Å²) in [7, 11) is 0. The second kappa shape index (κ2) is 9.74. The SMILES string of the molecule is CCOc1ccc(C(=O)NCC(=O)N2CCC(CN3CCCC3)CC2)cc1. The van der Waals surface area contributed by atoms with Crippen molar-refractivity contribution in [3.8, 4) is 5.75 Å². The number of ether oxygens (including phenoxy) is 1. The molecule has 27 heavy (non-hydrogen) atoms. The van der Waals surface area contributed by atoms with Gasteiger partial charge in [-0.1, -0.05) is 0 Å². The molecule has 0 saturated carbocycles. The van der Waals surface area contributed by atoms with E-state index in [4.69, 9.17) is 4.74 Å². The molecule has 6 heteroatoms. The summed E-state index contributed by atoms with van der Waals surface area (Å²) < 4.78 is 5.37. The van der Waals surface area contributed by atoms with Gasteiger partial charge in [0.2, 0.25) is 5.91 Å². The van der Waals surface area contributed by atoms with Gasteiger partial charge in [-0.05, 0) is 75.9 Å². The number of hydrogen-bond donors (Lipinski definition) is 1. The highest BCUT2D eigenvalue weighted by Gasteiger charge is 2.25. The molecule has 0 spiro atoms. The monoisotopic (exact) mass is 373 g/mol. The molecule has 2 saturated heterocycles. The highest BCUT2D eigenvalue weighted by Crippen LogP contribution is 2.20. The Bertz CT molecular complexity index is 618. The van der Waals surface area contributed by atoms with E-state index in [2.05, 4.69) is 10.2 Å². The first-order valence-electron chi connectivity index (χ1n) is 10.2. The zero-order valence-corrected chi connectivity index (χ0v) is 16.3. The number of piperidine rings is 1. The lowest BCUT2D eigenvalue weighted by Crippen LogP contribution is -2.45. The summed E-state index contributed by atoms with van der Waals surface area (Å²) in [5.41, 5.74) is 0.538. The third kappa shape index (κ3) is 5.70. The third-order valence-electron chi connectivity index (χ3n) is 5.51. The minimum atomic E-state index is -0.227. The van der Waals surface area contributed by atoms with Crippen molar-refractivity contribution in [1.29, 1.82) is 0 Å². The van der Waals surface area contributed by atoms with Gasteiger partial charge in [-0.15, -0.1) is 0 Å². The minimum Gasteiger partial charge on any atom is -0.494 e. The zero-order valence-electron chi connectivity index (χ0n) is 16.3. The zero-order chi connectivity index (χ0) is 19.1. The third-order valence-corrected chi connectivity index (χ3v) is 5.51. The van der Waals surface area contributed by atoms with Gasteiger partial charge >= 0.3 is 0 Å². The van der Waals surface area contributed by atoms with E-state index in [0.717, 1.165) is 31.7 Å². The maximum absolute atomic E-state index is 12.4. The molecule has 0 bridgehead atoms. The summed E-state index contributed by atoms with van der Waals surface area (Å²) in [6.45, 7) is 7.82. The average Bonchev–Trinajstić information content (AvgIpc) is 3.20. The normalized spacial score (nSPS) is 18.5. The second-order valence-corrected chi connectivity index (χ2v) is 7.47. The summed E-state index contributed by atoms with van der Waals surface area (Å²) in [4.78, 5) is 29.1. The molecule has 3 rings (SSSR count). The Labute approximate surface area is 161 Å². The quantitative estimate of drug-likeness (QED) is 0.796. The van der Waals surface area contributed by atoms with E-state index in [0.29, 0.717) is 18.1 Å². The number of amides is 2. The summed E-state index contributed by atoms with van der Waals surface area (Å²) >= 11 is 0. The molecule has 2 aliphatic rings. The molecular weight excluding hydrogens is 342 g/mol. The molecule has 1 aromatic rings. The molecule has 0 aliphatic carbocycles. The van der Waals surface area contributed by atoms with E-state index in [-0.39, 0.29) is 18.4 Å². The fourth-order valence-electron chi connectivity index (χ4n) is 3.93. The fraction of sp³-hybridized carbons (Fsp3) is 0.619. The fourth-order valence-corrected chi connectivity index (χ4v) is 3.93. The number of benzene rings is 1. The topological polar surface area (TPSA) is 61.9 Å². The summed E-state index contributed by atoms with van der Waals surface area (Å²) in [6.07, 6.45) is 4.78. The molecule has 2 aliphatic heterocycles. The van der Waals surface area contributed by atoms with Gasteiger partial charge in [-0.3, -0.25) is 9.59 Å². The van der Waals surface area contributed by atoms with Gasteiger partial charge in [-0.2, -0.15) is 0 Å². The smallest absolute Gasteiger partial charge is 0.251 e. The summed E-state index contributed by atoms with van der Waals surface area (Å²) in [5, 5.41) is 2.74. The number of carbonyl (C=O) groups excluding carboxylic acids is 2. The van der Waals surface area contributed by atoms with Crippen molar-refractivity contribution < 1.29 is 14.3 Å². The van der Waals surface area contributed by atoms with Crippen molar-refractivity contribution in [2.75, 3.05) is 45.9 Å². The van der Waals surface area contributed by atoms with Crippen LogP contribution in [0.1, 0.15) is 43.0 Å². The Balaban J connectivity index is 1.38. The van der Waals surface area contributed by atoms with E-state index < -0.39 is 0 Å². The highest BCUT2D eigenvalue weighted by molar-refractivity contribution is 5.96. The van der Waals surface area contributed by atoms with E-state index >= 15 is 0 Å². The van der Waals surface area contributed by atoms with Crippen molar-refractivity contribution in [2.45, 2.75) is 32.6 Å². The van der Waals surface area contributed by atoms with Crippen LogP contribution in [0.25, 0.3) is 0 Å². The lowest BCUT2D eigenvalue weighted by Gasteiger charge is -2.34. The first kappa shape index (κ1) is 19.7. The highest BCUT2D eigenvalue weighted by atomic mass is 16.5. The van der Waals surface area contributed by atoms with Crippen LogP contribution in [0.3, 0.4) is 0 Å². The van der Waals surface area contributed by atoms with Gasteiger partial charge < -0.3 is 19.9 Å². The van der Waals surface area contributed by atoms with Crippen molar-refractivity contribution in [2.24, 2.45) is 5.92 Å². The standard InChI is InChI=1S/C21H31N3O3/c1-2-27-19-7-5-18(6-8-19)21(26)22-15-20(25)24-13-9-17(10-14-24)16-23-11-3-4-12-23/h5-8,17H,2-4,9-16H2,1H3,(H,22,26). The van der Waals surface area contributed by atoms with Crippen LogP contribution >= 0.6 is 0 Å². The number of likely N-dealkylation sites (tertiary alicyclic amines) is 2. The Kier molecular flexibility index (Phi) is 7.10. The second-order valence-electron chi connectivity index (χ2n) is 7.47. The molecule has 0 aromatic heterocycles. The lowest BCUT2D eigenvalue weighted by atomic mass is 9.96. The van der Waals surface area contributed by atoms with Crippen molar-refractivity contribution in [1.82, 2.24) is 15.1 Å². The largest absolute Gasteiger partial charge is 0.494 e. The molecule has 1 N–H and O–H groups in total. The number of nitrogens with zero attached hydrogens (tertiary/aromatic N) is 2. The molecular formula is C21H31N3O3. The molecule has 6 nitrogen and oxygen atoms in total. The van der Waals surface area contributed by atoms with Gasteiger partial charge in [0.05, 0.1) is 13.2 Å². The summed E-state index contributed by atoms with van der Waals surface area (Å²) in [5.74, 6) is 1.22. The molecule has 2 amide bonds. The maximum Gasteiger partial charge on any atom is 0.251 e. The minimum absolute atomic E-state index is 0.00825. The van der Waals surface area contributed by atoms with Gasteiger partial charge in [0.25, 0.3) is 5.91 Å². The molecule has 2 heterocycles. The Morgan fingerprint density at radius 2 is 1.74 bits per heavy atom. The molecule has 148 valence electrons. The predicted octanol–water partition coefficient (Wildman–Crippen LogP) is 2.15. The lowest BCUT2D eigenvalue weighted by molar-refractivity contribution is -0.131. The average molecular weight is 373 g/mol. The van der Waals surface area contributed by atoms with Crippen LogP contribution in [-0.2, 0) is 4.79 Å². The first-order valence-corrected chi connectivity index (χ1v) is 10.2. The Morgan fingerprint density at radius 1 is 1.07 bits per heavy atom. The molecule has 0 atom stereocenters. The molecule has 0 unspecified atom stereocenters. The van der Waals surface area contributed by atoms with Crippen LogP contribution in [0, 0.1) is 5.92 Å². The van der Waals surface area contributed by atoms with Crippen molar-refractivity contribution >= 4 is 11.8 Å². The van der Waals surface area contributed by atoms with E-state index in [1.165, 1.54) is 32.5 Å². The van der Waals surface area contributed by atoms with Crippen LogP contribution in [0.5, 0.6) is 5.75 Å². The Morgan fingerprint density at radius 3 is 2.37 bits per heavy atom. The number of carbonyl (C=O) groups is 2. The van der Waals surface area contributed by atoms with Crippen LogP contribution in [0.15, 0.2) is 24.3 Å². The number of nitrogens with one attached hydrogen (secondary N) is 1.